The zero-order valence-electron chi connectivity index (χ0n) is 10.4. The highest BCUT2D eigenvalue weighted by Crippen LogP contribution is 2.31. The Balaban J connectivity index is 1.74. The van der Waals surface area contributed by atoms with Gasteiger partial charge in [-0.15, -0.1) is 11.3 Å². The SMILES string of the molecule is N#Cc1cc(Br)ccc1NCc1cc2c(s1)CCC2. The van der Waals surface area contributed by atoms with Crippen LogP contribution in [0.3, 0.4) is 0 Å². The molecule has 1 aliphatic rings. The number of nitriles is 1. The minimum Gasteiger partial charge on any atom is -0.379 e. The minimum absolute atomic E-state index is 0.679. The summed E-state index contributed by atoms with van der Waals surface area (Å²) in [5.41, 5.74) is 3.11. The molecule has 1 aromatic heterocycles. The molecule has 3 rings (SSSR count). The van der Waals surface area contributed by atoms with Crippen molar-refractivity contribution in [1.29, 1.82) is 5.26 Å². The van der Waals surface area contributed by atoms with E-state index in [1.807, 2.05) is 29.5 Å². The lowest BCUT2D eigenvalue weighted by Gasteiger charge is -2.07. The predicted octanol–water partition coefficient (Wildman–Crippen LogP) is 4.48. The van der Waals surface area contributed by atoms with Crippen molar-refractivity contribution in [2.24, 2.45) is 0 Å². The first kappa shape index (κ1) is 12.7. The van der Waals surface area contributed by atoms with Crippen molar-refractivity contribution in [1.82, 2.24) is 0 Å². The van der Waals surface area contributed by atoms with Crippen molar-refractivity contribution < 1.29 is 0 Å². The molecule has 0 spiro atoms. The van der Waals surface area contributed by atoms with E-state index in [4.69, 9.17) is 5.26 Å². The normalized spacial score (nSPS) is 13.1. The molecule has 0 unspecified atom stereocenters. The maximum atomic E-state index is 9.13. The van der Waals surface area contributed by atoms with Crippen molar-refractivity contribution in [3.63, 3.8) is 0 Å². The first-order valence-corrected chi connectivity index (χ1v) is 7.91. The molecule has 0 saturated carbocycles. The number of halogens is 1. The van der Waals surface area contributed by atoms with Crippen LogP contribution in [0.4, 0.5) is 5.69 Å². The van der Waals surface area contributed by atoms with Crippen molar-refractivity contribution >= 4 is 33.0 Å². The second-order valence-electron chi connectivity index (χ2n) is 4.67. The van der Waals surface area contributed by atoms with Gasteiger partial charge in [0.05, 0.1) is 11.3 Å². The summed E-state index contributed by atoms with van der Waals surface area (Å²) in [6.45, 7) is 0.800. The van der Waals surface area contributed by atoms with Gasteiger partial charge in [0.25, 0.3) is 0 Å². The van der Waals surface area contributed by atoms with Crippen LogP contribution in [0.2, 0.25) is 0 Å². The molecule has 19 heavy (non-hydrogen) atoms. The Morgan fingerprint density at radius 2 is 2.21 bits per heavy atom. The highest BCUT2D eigenvalue weighted by molar-refractivity contribution is 9.10. The lowest BCUT2D eigenvalue weighted by atomic mass is 10.2. The molecule has 0 fully saturated rings. The maximum absolute atomic E-state index is 9.13. The molecule has 1 aliphatic carbocycles. The standard InChI is InChI=1S/C15H13BrN2S/c16-12-4-5-14(11(6-12)8-17)18-9-13-7-10-2-1-3-15(10)19-13/h4-7,18H,1-3,9H2. The van der Waals surface area contributed by atoms with Crippen LogP contribution in [0.1, 0.15) is 27.3 Å². The Labute approximate surface area is 125 Å². The van der Waals surface area contributed by atoms with E-state index in [0.29, 0.717) is 5.56 Å². The van der Waals surface area contributed by atoms with Crippen LogP contribution < -0.4 is 5.32 Å². The third-order valence-electron chi connectivity index (χ3n) is 3.35. The Morgan fingerprint density at radius 3 is 3.00 bits per heavy atom. The van der Waals surface area contributed by atoms with E-state index in [2.05, 4.69) is 33.4 Å². The van der Waals surface area contributed by atoms with Gasteiger partial charge in [0.2, 0.25) is 0 Å². The largest absolute Gasteiger partial charge is 0.379 e. The molecule has 0 saturated heterocycles. The number of aryl methyl sites for hydroxylation is 2. The fraction of sp³-hybridized carbons (Fsp3) is 0.267. The lowest BCUT2D eigenvalue weighted by molar-refractivity contribution is 0.913. The molecule has 2 nitrogen and oxygen atoms in total. The number of thiophene rings is 1. The van der Waals surface area contributed by atoms with E-state index in [0.717, 1.165) is 16.7 Å². The zero-order valence-corrected chi connectivity index (χ0v) is 12.8. The Kier molecular flexibility index (Phi) is 3.58. The number of nitrogens with zero attached hydrogens (tertiary/aromatic N) is 1. The summed E-state index contributed by atoms with van der Waals surface area (Å²) in [5, 5.41) is 12.5. The molecule has 1 N–H and O–H groups in total. The van der Waals surface area contributed by atoms with Crippen LogP contribution in [0.5, 0.6) is 0 Å². The molecular formula is C15H13BrN2S. The van der Waals surface area contributed by atoms with Crippen LogP contribution >= 0.6 is 27.3 Å². The number of rotatable bonds is 3. The summed E-state index contributed by atoms with van der Waals surface area (Å²) in [5.74, 6) is 0. The van der Waals surface area contributed by atoms with Gasteiger partial charge in [-0.2, -0.15) is 5.26 Å². The van der Waals surface area contributed by atoms with Gasteiger partial charge in [-0.3, -0.25) is 0 Å². The van der Waals surface area contributed by atoms with Crippen LogP contribution in [0, 0.1) is 11.3 Å². The highest BCUT2D eigenvalue weighted by Gasteiger charge is 2.14. The van der Waals surface area contributed by atoms with Crippen LogP contribution in [0.15, 0.2) is 28.7 Å². The summed E-state index contributed by atoms with van der Waals surface area (Å²) in [6.07, 6.45) is 3.77. The molecule has 0 aliphatic heterocycles. The third kappa shape index (κ3) is 2.68. The number of anilines is 1. The van der Waals surface area contributed by atoms with Gasteiger partial charge in [0, 0.05) is 20.8 Å². The van der Waals surface area contributed by atoms with Crippen molar-refractivity contribution in [3.8, 4) is 6.07 Å². The van der Waals surface area contributed by atoms with Gasteiger partial charge < -0.3 is 5.32 Å². The molecule has 1 heterocycles. The smallest absolute Gasteiger partial charge is 0.101 e. The van der Waals surface area contributed by atoms with Crippen molar-refractivity contribution in [3.05, 3.63) is 49.6 Å². The topological polar surface area (TPSA) is 35.8 Å². The summed E-state index contributed by atoms with van der Waals surface area (Å²) in [4.78, 5) is 2.91. The average Bonchev–Trinajstić information content (AvgIpc) is 2.97. The number of hydrogen-bond donors (Lipinski definition) is 1. The Hall–Kier alpha value is -1.31. The summed E-state index contributed by atoms with van der Waals surface area (Å²) in [6, 6.07) is 10.3. The zero-order chi connectivity index (χ0) is 13.2. The first-order chi connectivity index (χ1) is 9.26. The third-order valence-corrected chi connectivity index (χ3v) is 5.08. The van der Waals surface area contributed by atoms with Gasteiger partial charge in [-0.05, 0) is 49.1 Å². The molecule has 96 valence electrons. The number of hydrogen-bond acceptors (Lipinski definition) is 3. The number of benzene rings is 1. The highest BCUT2D eigenvalue weighted by atomic mass is 79.9. The molecule has 0 bridgehead atoms. The molecular weight excluding hydrogens is 320 g/mol. The second kappa shape index (κ2) is 5.36. The molecule has 0 atom stereocenters. The molecule has 2 aromatic rings. The Morgan fingerprint density at radius 1 is 1.32 bits per heavy atom. The number of nitrogens with one attached hydrogen (secondary N) is 1. The first-order valence-electron chi connectivity index (χ1n) is 6.30. The lowest BCUT2D eigenvalue weighted by Crippen LogP contribution is -1.99. The second-order valence-corrected chi connectivity index (χ2v) is 6.81. The van der Waals surface area contributed by atoms with E-state index >= 15 is 0 Å². The van der Waals surface area contributed by atoms with Crippen LogP contribution in [-0.2, 0) is 19.4 Å². The van der Waals surface area contributed by atoms with Gasteiger partial charge in [0.1, 0.15) is 6.07 Å². The van der Waals surface area contributed by atoms with Crippen molar-refractivity contribution in [2.75, 3.05) is 5.32 Å². The van der Waals surface area contributed by atoms with E-state index in [-0.39, 0.29) is 0 Å². The predicted molar refractivity (Wildman–Crippen MR) is 82.5 cm³/mol. The number of fused-ring (bicyclic) bond motifs is 1. The summed E-state index contributed by atoms with van der Waals surface area (Å²) < 4.78 is 0.935. The van der Waals surface area contributed by atoms with E-state index < -0.39 is 0 Å². The molecule has 0 radical (unpaired) electrons. The quantitative estimate of drug-likeness (QED) is 0.899. The fourth-order valence-electron chi connectivity index (χ4n) is 2.42. The van der Waals surface area contributed by atoms with E-state index in [1.54, 1.807) is 4.88 Å². The molecule has 1 aromatic carbocycles. The molecule has 0 amide bonds. The molecule has 4 heteroatoms. The summed E-state index contributed by atoms with van der Waals surface area (Å²) in [7, 11) is 0. The van der Waals surface area contributed by atoms with Gasteiger partial charge in [-0.1, -0.05) is 15.9 Å². The maximum Gasteiger partial charge on any atom is 0.101 e. The van der Waals surface area contributed by atoms with Gasteiger partial charge >= 0.3 is 0 Å². The van der Waals surface area contributed by atoms with E-state index in [1.165, 1.54) is 29.7 Å². The summed E-state index contributed by atoms with van der Waals surface area (Å²) >= 11 is 5.29. The van der Waals surface area contributed by atoms with Crippen molar-refractivity contribution in [2.45, 2.75) is 25.8 Å². The van der Waals surface area contributed by atoms with Crippen LogP contribution in [-0.4, -0.2) is 0 Å². The van der Waals surface area contributed by atoms with Gasteiger partial charge in [0.15, 0.2) is 0 Å². The van der Waals surface area contributed by atoms with Crippen LogP contribution in [0.25, 0.3) is 0 Å². The average molecular weight is 333 g/mol. The minimum atomic E-state index is 0.679. The Bertz CT molecular complexity index is 633. The fourth-order valence-corrected chi connectivity index (χ4v) is 3.98. The van der Waals surface area contributed by atoms with E-state index in [9.17, 15) is 0 Å². The monoisotopic (exact) mass is 332 g/mol. The van der Waals surface area contributed by atoms with Gasteiger partial charge in [-0.25, -0.2) is 0 Å².